The summed E-state index contributed by atoms with van der Waals surface area (Å²) >= 11 is 0. The molecule has 0 radical (unpaired) electrons. The lowest BCUT2D eigenvalue weighted by molar-refractivity contribution is 0.219. The normalized spacial score (nSPS) is 12.4. The monoisotopic (exact) mass is 248 g/mol. The van der Waals surface area contributed by atoms with Crippen molar-refractivity contribution in [2.45, 2.75) is 19.4 Å². The van der Waals surface area contributed by atoms with Gasteiger partial charge in [-0.1, -0.05) is 31.2 Å². The topological polar surface area (TPSA) is 20.2 Å². The molecule has 0 amide bonds. The van der Waals surface area contributed by atoms with Crippen LogP contribution in [0.2, 0.25) is 0 Å². The number of rotatable bonds is 3. The summed E-state index contributed by atoms with van der Waals surface area (Å²) in [7, 11) is 0. The maximum absolute atomic E-state index is 13.1. The van der Waals surface area contributed by atoms with E-state index in [0.29, 0.717) is 5.56 Å². The van der Waals surface area contributed by atoms with Crippen molar-refractivity contribution < 1.29 is 13.9 Å². The number of benzene rings is 2. The van der Waals surface area contributed by atoms with Gasteiger partial charge >= 0.3 is 0 Å². The Kier molecular flexibility index (Phi) is 3.72. The minimum absolute atomic E-state index is 0.223. The molecule has 1 N–H and O–H groups in total. The molecule has 0 saturated carbocycles. The van der Waals surface area contributed by atoms with E-state index in [1.54, 1.807) is 6.07 Å². The van der Waals surface area contributed by atoms with Crippen LogP contribution in [0.15, 0.2) is 42.5 Å². The lowest BCUT2D eigenvalue weighted by Gasteiger charge is -2.12. The zero-order valence-electron chi connectivity index (χ0n) is 10.0. The van der Waals surface area contributed by atoms with Crippen molar-refractivity contribution in [3.8, 4) is 0 Å². The first-order valence-electron chi connectivity index (χ1n) is 5.83. The zero-order chi connectivity index (χ0) is 13.1. The van der Waals surface area contributed by atoms with Gasteiger partial charge in [-0.05, 0) is 35.2 Å². The Balaban J connectivity index is 2.37. The van der Waals surface area contributed by atoms with Gasteiger partial charge in [0, 0.05) is 6.07 Å². The van der Waals surface area contributed by atoms with Gasteiger partial charge in [-0.2, -0.15) is 0 Å². The highest BCUT2D eigenvalue weighted by atomic mass is 19.1. The summed E-state index contributed by atoms with van der Waals surface area (Å²) in [5.41, 5.74) is 1.93. The van der Waals surface area contributed by atoms with Gasteiger partial charge in [0.15, 0.2) is 0 Å². The van der Waals surface area contributed by atoms with Crippen LogP contribution in [-0.4, -0.2) is 5.11 Å². The molecule has 18 heavy (non-hydrogen) atoms. The smallest absolute Gasteiger partial charge is 0.126 e. The number of aliphatic hydroxyl groups is 1. The van der Waals surface area contributed by atoms with Gasteiger partial charge in [0.2, 0.25) is 0 Å². The molecule has 94 valence electrons. The van der Waals surface area contributed by atoms with Crippen molar-refractivity contribution in [3.05, 3.63) is 70.8 Å². The van der Waals surface area contributed by atoms with E-state index in [0.717, 1.165) is 30.2 Å². The fourth-order valence-electron chi connectivity index (χ4n) is 1.91. The Morgan fingerprint density at radius 3 is 2.28 bits per heavy atom. The molecule has 0 aliphatic heterocycles. The van der Waals surface area contributed by atoms with Crippen molar-refractivity contribution in [1.82, 2.24) is 0 Å². The van der Waals surface area contributed by atoms with Crippen LogP contribution >= 0.6 is 0 Å². The molecule has 0 saturated heterocycles. The van der Waals surface area contributed by atoms with E-state index < -0.39 is 17.7 Å². The zero-order valence-corrected chi connectivity index (χ0v) is 10.0. The van der Waals surface area contributed by atoms with E-state index >= 15 is 0 Å². The summed E-state index contributed by atoms with van der Waals surface area (Å²) < 4.78 is 26.2. The minimum atomic E-state index is -1.01. The number of aliphatic hydroxyl groups excluding tert-OH is 1. The van der Waals surface area contributed by atoms with E-state index in [9.17, 15) is 13.9 Å². The Bertz CT molecular complexity index is 532. The fraction of sp³-hybridized carbons (Fsp3) is 0.200. The second kappa shape index (κ2) is 5.27. The molecule has 0 bridgehead atoms. The van der Waals surface area contributed by atoms with E-state index in [1.807, 2.05) is 25.1 Å². The van der Waals surface area contributed by atoms with Gasteiger partial charge in [0.05, 0.1) is 0 Å². The highest BCUT2D eigenvalue weighted by Crippen LogP contribution is 2.24. The number of aryl methyl sites for hydroxylation is 1. The standard InChI is InChI=1S/C15H14F2O/c1-2-10-4-3-5-11(6-10)15(18)12-7-13(16)9-14(17)8-12/h3-9,15,18H,2H2,1H3. The van der Waals surface area contributed by atoms with Crippen molar-refractivity contribution in [2.75, 3.05) is 0 Å². The first-order valence-corrected chi connectivity index (χ1v) is 5.83. The van der Waals surface area contributed by atoms with E-state index in [4.69, 9.17) is 0 Å². The predicted molar refractivity (Wildman–Crippen MR) is 66.2 cm³/mol. The van der Waals surface area contributed by atoms with Crippen molar-refractivity contribution in [3.63, 3.8) is 0 Å². The van der Waals surface area contributed by atoms with Crippen LogP contribution in [0.5, 0.6) is 0 Å². The van der Waals surface area contributed by atoms with Crippen LogP contribution in [-0.2, 0) is 6.42 Å². The van der Waals surface area contributed by atoms with Gasteiger partial charge in [-0.3, -0.25) is 0 Å². The van der Waals surface area contributed by atoms with Crippen molar-refractivity contribution in [2.24, 2.45) is 0 Å². The molecule has 2 rings (SSSR count). The highest BCUT2D eigenvalue weighted by molar-refractivity contribution is 5.33. The summed E-state index contributed by atoms with van der Waals surface area (Å²) in [6, 6.07) is 10.4. The van der Waals surface area contributed by atoms with Crippen LogP contribution in [0.3, 0.4) is 0 Å². The summed E-state index contributed by atoms with van der Waals surface area (Å²) in [5, 5.41) is 10.1. The third-order valence-electron chi connectivity index (χ3n) is 2.88. The summed E-state index contributed by atoms with van der Waals surface area (Å²) in [5.74, 6) is -1.37. The first kappa shape index (κ1) is 12.7. The van der Waals surface area contributed by atoms with Crippen LogP contribution < -0.4 is 0 Å². The molecule has 0 heterocycles. The Morgan fingerprint density at radius 1 is 1.00 bits per heavy atom. The maximum atomic E-state index is 13.1. The average molecular weight is 248 g/mol. The van der Waals surface area contributed by atoms with E-state index in [2.05, 4.69) is 0 Å². The quantitative estimate of drug-likeness (QED) is 0.879. The Hall–Kier alpha value is -1.74. The first-order chi connectivity index (χ1) is 8.60. The lowest BCUT2D eigenvalue weighted by Crippen LogP contribution is -2.01. The Labute approximate surface area is 105 Å². The molecule has 1 atom stereocenters. The molecule has 0 aliphatic rings. The third kappa shape index (κ3) is 2.74. The number of halogens is 2. The molecule has 2 aromatic carbocycles. The molecule has 1 nitrogen and oxygen atoms in total. The summed E-state index contributed by atoms with van der Waals surface area (Å²) in [4.78, 5) is 0. The average Bonchev–Trinajstić information content (AvgIpc) is 2.37. The lowest BCUT2D eigenvalue weighted by atomic mass is 9.99. The van der Waals surface area contributed by atoms with Crippen LogP contribution in [0.1, 0.15) is 29.7 Å². The largest absolute Gasteiger partial charge is 0.384 e. The van der Waals surface area contributed by atoms with Crippen molar-refractivity contribution >= 4 is 0 Å². The number of hydrogen-bond acceptors (Lipinski definition) is 1. The van der Waals surface area contributed by atoms with E-state index in [1.165, 1.54) is 0 Å². The van der Waals surface area contributed by atoms with Crippen LogP contribution in [0.25, 0.3) is 0 Å². The molecule has 0 spiro atoms. The molecule has 3 heteroatoms. The molecule has 0 fully saturated rings. The highest BCUT2D eigenvalue weighted by Gasteiger charge is 2.13. The van der Waals surface area contributed by atoms with Gasteiger partial charge in [-0.25, -0.2) is 8.78 Å². The van der Waals surface area contributed by atoms with Gasteiger partial charge < -0.3 is 5.11 Å². The Morgan fingerprint density at radius 2 is 1.67 bits per heavy atom. The maximum Gasteiger partial charge on any atom is 0.126 e. The predicted octanol–water partition coefficient (Wildman–Crippen LogP) is 3.61. The molecular weight excluding hydrogens is 234 g/mol. The van der Waals surface area contributed by atoms with Crippen molar-refractivity contribution in [1.29, 1.82) is 0 Å². The third-order valence-corrected chi connectivity index (χ3v) is 2.88. The van der Waals surface area contributed by atoms with Crippen LogP contribution in [0, 0.1) is 11.6 Å². The molecular formula is C15H14F2O. The van der Waals surface area contributed by atoms with Gasteiger partial charge in [0.25, 0.3) is 0 Å². The molecule has 1 unspecified atom stereocenters. The second-order valence-corrected chi connectivity index (χ2v) is 4.20. The molecule has 0 aromatic heterocycles. The second-order valence-electron chi connectivity index (χ2n) is 4.20. The summed E-state index contributed by atoms with van der Waals surface area (Å²) in [6.07, 6.45) is -0.167. The fourth-order valence-corrected chi connectivity index (χ4v) is 1.91. The molecule has 2 aromatic rings. The SMILES string of the molecule is CCc1cccc(C(O)c2cc(F)cc(F)c2)c1. The number of hydrogen-bond donors (Lipinski definition) is 1. The van der Waals surface area contributed by atoms with E-state index in [-0.39, 0.29) is 5.56 Å². The summed E-state index contributed by atoms with van der Waals surface area (Å²) in [6.45, 7) is 2.01. The van der Waals surface area contributed by atoms with Gasteiger partial charge in [-0.15, -0.1) is 0 Å². The van der Waals surface area contributed by atoms with Gasteiger partial charge in [0.1, 0.15) is 17.7 Å². The minimum Gasteiger partial charge on any atom is -0.384 e. The molecule has 0 aliphatic carbocycles. The van der Waals surface area contributed by atoms with Crippen LogP contribution in [0.4, 0.5) is 8.78 Å².